The predicted octanol–water partition coefficient (Wildman–Crippen LogP) is 1.16. The Morgan fingerprint density at radius 2 is 2.06 bits per heavy atom. The lowest BCUT2D eigenvalue weighted by Crippen LogP contribution is -2.58. The highest BCUT2D eigenvalue weighted by Crippen LogP contribution is 2.33. The third-order valence-electron chi connectivity index (χ3n) is 3.58. The van der Waals surface area contributed by atoms with E-state index < -0.39 is 0 Å². The van der Waals surface area contributed by atoms with E-state index in [1.54, 1.807) is 4.90 Å². The van der Waals surface area contributed by atoms with Crippen molar-refractivity contribution in [2.24, 2.45) is 11.8 Å². The van der Waals surface area contributed by atoms with E-state index in [2.05, 4.69) is 19.2 Å². The van der Waals surface area contributed by atoms with Crippen molar-refractivity contribution in [3.05, 3.63) is 0 Å². The summed E-state index contributed by atoms with van der Waals surface area (Å²) in [6.07, 6.45) is 4.42. The molecule has 1 aliphatic carbocycles. The van der Waals surface area contributed by atoms with Gasteiger partial charge < -0.3 is 10.2 Å². The van der Waals surface area contributed by atoms with Crippen molar-refractivity contribution in [2.45, 2.75) is 45.6 Å². The molecule has 0 aromatic heterocycles. The Labute approximate surface area is 103 Å². The monoisotopic (exact) mass is 238 g/mol. The van der Waals surface area contributed by atoms with Crippen molar-refractivity contribution in [3.8, 4) is 0 Å². The number of carbonyl (C=O) groups excluding carboxylic acids is 2. The molecule has 2 rings (SSSR count). The van der Waals surface area contributed by atoms with Crippen LogP contribution in [-0.4, -0.2) is 35.8 Å². The van der Waals surface area contributed by atoms with E-state index in [4.69, 9.17) is 0 Å². The number of amides is 2. The Morgan fingerprint density at radius 3 is 2.65 bits per heavy atom. The second kappa shape index (κ2) is 5.07. The zero-order valence-electron chi connectivity index (χ0n) is 10.7. The average molecular weight is 238 g/mol. The Morgan fingerprint density at radius 1 is 1.35 bits per heavy atom. The van der Waals surface area contributed by atoms with E-state index in [0.717, 1.165) is 25.3 Å². The first-order valence-corrected chi connectivity index (χ1v) is 6.65. The Bertz CT molecular complexity index is 311. The number of carbonyl (C=O) groups is 2. The maximum absolute atomic E-state index is 11.9. The van der Waals surface area contributed by atoms with Crippen LogP contribution < -0.4 is 5.32 Å². The van der Waals surface area contributed by atoms with E-state index in [1.807, 2.05) is 0 Å². The summed E-state index contributed by atoms with van der Waals surface area (Å²) in [7, 11) is 0. The summed E-state index contributed by atoms with van der Waals surface area (Å²) in [5.74, 6) is 1.33. The highest BCUT2D eigenvalue weighted by Gasteiger charge is 2.35. The van der Waals surface area contributed by atoms with Crippen molar-refractivity contribution >= 4 is 11.8 Å². The van der Waals surface area contributed by atoms with Crippen LogP contribution >= 0.6 is 0 Å². The highest BCUT2D eigenvalue weighted by molar-refractivity contribution is 5.94. The van der Waals surface area contributed by atoms with Crippen molar-refractivity contribution in [1.82, 2.24) is 10.2 Å². The van der Waals surface area contributed by atoms with E-state index in [1.165, 1.54) is 12.8 Å². The second-order valence-corrected chi connectivity index (χ2v) is 5.68. The molecule has 1 saturated carbocycles. The van der Waals surface area contributed by atoms with Gasteiger partial charge >= 0.3 is 0 Å². The lowest BCUT2D eigenvalue weighted by molar-refractivity contribution is -0.146. The molecule has 0 bridgehead atoms. The van der Waals surface area contributed by atoms with Crippen LogP contribution in [0, 0.1) is 11.8 Å². The summed E-state index contributed by atoms with van der Waals surface area (Å²) in [6.45, 7) is 5.11. The minimum atomic E-state index is -0.241. The molecule has 2 aliphatic rings. The third kappa shape index (κ3) is 3.20. The molecular weight excluding hydrogens is 216 g/mol. The van der Waals surface area contributed by atoms with Gasteiger partial charge in [0.15, 0.2) is 0 Å². The van der Waals surface area contributed by atoms with Crippen LogP contribution in [0.25, 0.3) is 0 Å². The van der Waals surface area contributed by atoms with Gasteiger partial charge in [-0.05, 0) is 24.7 Å². The van der Waals surface area contributed by atoms with Crippen LogP contribution in [-0.2, 0) is 9.59 Å². The van der Waals surface area contributed by atoms with Gasteiger partial charge in [0.05, 0.1) is 6.54 Å². The number of hydrogen-bond donors (Lipinski definition) is 1. The van der Waals surface area contributed by atoms with Crippen LogP contribution in [0.15, 0.2) is 0 Å². The minimum Gasteiger partial charge on any atom is -0.345 e. The van der Waals surface area contributed by atoms with Gasteiger partial charge in [0.1, 0.15) is 6.04 Å². The van der Waals surface area contributed by atoms with Gasteiger partial charge in [-0.25, -0.2) is 0 Å². The number of rotatable bonds is 5. The summed E-state index contributed by atoms with van der Waals surface area (Å²) in [5, 5.41) is 2.69. The molecule has 4 heteroatoms. The minimum absolute atomic E-state index is 0.0223. The smallest absolute Gasteiger partial charge is 0.243 e. The van der Waals surface area contributed by atoms with Gasteiger partial charge in [-0.2, -0.15) is 0 Å². The molecule has 0 aromatic rings. The molecule has 1 saturated heterocycles. The number of piperazine rings is 1. The zero-order valence-corrected chi connectivity index (χ0v) is 10.7. The first kappa shape index (κ1) is 12.4. The van der Waals surface area contributed by atoms with Gasteiger partial charge in [0.25, 0.3) is 0 Å². The molecule has 2 fully saturated rings. The van der Waals surface area contributed by atoms with E-state index in [0.29, 0.717) is 5.92 Å². The van der Waals surface area contributed by atoms with Gasteiger partial charge in [-0.3, -0.25) is 9.59 Å². The fourth-order valence-electron chi connectivity index (χ4n) is 2.39. The second-order valence-electron chi connectivity index (χ2n) is 5.68. The highest BCUT2D eigenvalue weighted by atomic mass is 16.2. The number of nitrogens with one attached hydrogen (secondary N) is 1. The van der Waals surface area contributed by atoms with E-state index in [9.17, 15) is 9.59 Å². The average Bonchev–Trinajstić information content (AvgIpc) is 3.06. The number of nitrogens with zero attached hydrogens (tertiary/aromatic N) is 1. The van der Waals surface area contributed by atoms with Crippen LogP contribution in [0.4, 0.5) is 0 Å². The molecule has 1 N–H and O–H groups in total. The summed E-state index contributed by atoms with van der Waals surface area (Å²) >= 11 is 0. The molecule has 0 aromatic carbocycles. The van der Waals surface area contributed by atoms with E-state index in [-0.39, 0.29) is 24.4 Å². The van der Waals surface area contributed by atoms with Gasteiger partial charge in [-0.1, -0.05) is 26.7 Å². The maximum atomic E-state index is 11.9. The number of hydrogen-bond acceptors (Lipinski definition) is 2. The van der Waals surface area contributed by atoms with Crippen molar-refractivity contribution in [2.75, 3.05) is 13.1 Å². The summed E-state index contributed by atoms with van der Waals surface area (Å²) in [5.41, 5.74) is 0. The topological polar surface area (TPSA) is 49.4 Å². The van der Waals surface area contributed by atoms with Crippen molar-refractivity contribution in [3.63, 3.8) is 0 Å². The summed E-state index contributed by atoms with van der Waals surface area (Å²) in [6, 6.07) is -0.241. The molecule has 1 aliphatic heterocycles. The predicted molar refractivity (Wildman–Crippen MR) is 65.3 cm³/mol. The standard InChI is InChI=1S/C13H22N2O2/c1-9(2)7-11-13(17)14-8-12(16)15(11)6-5-10-3-4-10/h9-11H,3-8H2,1-2H3,(H,14,17). The van der Waals surface area contributed by atoms with Gasteiger partial charge in [0.2, 0.25) is 11.8 Å². The quantitative estimate of drug-likeness (QED) is 0.781. The Balaban J connectivity index is 1.98. The maximum Gasteiger partial charge on any atom is 0.243 e. The molecule has 0 spiro atoms. The van der Waals surface area contributed by atoms with Crippen LogP contribution in [0.2, 0.25) is 0 Å². The SMILES string of the molecule is CC(C)CC1C(=O)NCC(=O)N1CCC1CC1. The van der Waals surface area contributed by atoms with E-state index >= 15 is 0 Å². The first-order chi connectivity index (χ1) is 8.08. The lowest BCUT2D eigenvalue weighted by Gasteiger charge is -2.36. The molecule has 17 heavy (non-hydrogen) atoms. The molecule has 2 amide bonds. The molecular formula is C13H22N2O2. The molecule has 4 nitrogen and oxygen atoms in total. The van der Waals surface area contributed by atoms with Crippen LogP contribution in [0.3, 0.4) is 0 Å². The normalized spacial score (nSPS) is 25.4. The lowest BCUT2D eigenvalue weighted by atomic mass is 9.99. The van der Waals surface area contributed by atoms with Gasteiger partial charge in [0, 0.05) is 6.54 Å². The fraction of sp³-hybridized carbons (Fsp3) is 0.846. The Kier molecular flexibility index (Phi) is 3.69. The molecule has 96 valence electrons. The van der Waals surface area contributed by atoms with Crippen LogP contribution in [0.1, 0.15) is 39.5 Å². The van der Waals surface area contributed by atoms with Gasteiger partial charge in [-0.15, -0.1) is 0 Å². The largest absolute Gasteiger partial charge is 0.345 e. The zero-order chi connectivity index (χ0) is 12.4. The Hall–Kier alpha value is -1.06. The summed E-state index contributed by atoms with van der Waals surface area (Å²) < 4.78 is 0. The molecule has 1 atom stereocenters. The molecule has 1 heterocycles. The molecule has 0 radical (unpaired) electrons. The summed E-state index contributed by atoms with van der Waals surface area (Å²) in [4.78, 5) is 25.5. The van der Waals surface area contributed by atoms with Crippen molar-refractivity contribution in [1.29, 1.82) is 0 Å². The molecule has 1 unspecified atom stereocenters. The third-order valence-corrected chi connectivity index (χ3v) is 3.58. The van der Waals surface area contributed by atoms with Crippen LogP contribution in [0.5, 0.6) is 0 Å². The first-order valence-electron chi connectivity index (χ1n) is 6.65. The fourth-order valence-corrected chi connectivity index (χ4v) is 2.39. The van der Waals surface area contributed by atoms with Crippen molar-refractivity contribution < 1.29 is 9.59 Å².